The Morgan fingerprint density at radius 3 is 1.59 bits per heavy atom. The van der Waals surface area contributed by atoms with Crippen LogP contribution in [-0.4, -0.2) is 13.0 Å². The van der Waals surface area contributed by atoms with Gasteiger partial charge >= 0.3 is 29.6 Å². The first-order chi connectivity index (χ1) is 13.5. The number of benzene rings is 1. The molecule has 1 rings (SSSR count). The van der Waals surface area contributed by atoms with E-state index in [2.05, 4.69) is 6.92 Å². The first-order valence-electron chi connectivity index (χ1n) is 11.2. The Morgan fingerprint density at radius 1 is 0.759 bits per heavy atom. The summed E-state index contributed by atoms with van der Waals surface area (Å²) in [6.45, 7) is 2.26. The zero-order valence-corrected chi connectivity index (χ0v) is 21.4. The third-order valence-corrected chi connectivity index (χ3v) is 6.35. The van der Waals surface area contributed by atoms with Gasteiger partial charge in [0.1, 0.15) is 0 Å². The molecule has 0 heterocycles. The number of aryl methyl sites for hydroxylation is 1. The van der Waals surface area contributed by atoms with Gasteiger partial charge in [-0.1, -0.05) is 121 Å². The molecule has 0 aliphatic heterocycles. The maximum Gasteiger partial charge on any atom is 1.00 e. The van der Waals surface area contributed by atoms with Gasteiger partial charge < -0.3 is 5.11 Å². The van der Waals surface area contributed by atoms with Crippen molar-refractivity contribution in [2.45, 2.75) is 115 Å². The maximum atomic E-state index is 11.7. The van der Waals surface area contributed by atoms with Crippen LogP contribution in [0, 0.1) is 0 Å². The number of unbranched alkanes of at least 4 members (excludes halogenated alkanes) is 14. The van der Waals surface area contributed by atoms with E-state index in [-0.39, 0.29) is 29.6 Å². The van der Waals surface area contributed by atoms with Gasteiger partial charge in [-0.05, 0) is 18.4 Å². The largest absolute Gasteiger partial charge is 1.00 e. The first-order valence-corrected chi connectivity index (χ1v) is 12.7. The zero-order valence-electron chi connectivity index (χ0n) is 18.6. The van der Waals surface area contributed by atoms with E-state index in [0.717, 1.165) is 19.3 Å². The molecule has 0 spiro atoms. The quantitative estimate of drug-likeness (QED) is 0.231. The van der Waals surface area contributed by atoms with E-state index in [1.165, 1.54) is 83.1 Å². The van der Waals surface area contributed by atoms with Crippen molar-refractivity contribution in [3.05, 3.63) is 23.8 Å². The van der Waals surface area contributed by atoms with Crippen molar-refractivity contribution in [1.29, 1.82) is 0 Å². The van der Waals surface area contributed by atoms with Gasteiger partial charge in [0.15, 0.2) is 0 Å². The van der Waals surface area contributed by atoms with Crippen molar-refractivity contribution < 1.29 is 47.6 Å². The van der Waals surface area contributed by atoms with Crippen LogP contribution in [-0.2, 0) is 16.5 Å². The zero-order chi connectivity index (χ0) is 20.7. The number of hydrogen-bond donors (Lipinski definition) is 1. The standard InChI is InChI=1S/C23H40O4S.Na/c1-2-3-4-5-6-7-8-9-10-11-12-13-14-15-16-18-21-19-17-20-22(24)23(21)28(25,26)27;/h17,19-20,24H,2-16,18H2,1H3,(H,25,26,27);/q;+1/p-1. The van der Waals surface area contributed by atoms with Crippen LogP contribution in [0.3, 0.4) is 0 Å². The fraction of sp³-hybridized carbons (Fsp3) is 0.739. The third-order valence-electron chi connectivity index (χ3n) is 5.37. The Balaban J connectivity index is 0.00000784. The second kappa shape index (κ2) is 17.6. The van der Waals surface area contributed by atoms with Crippen molar-refractivity contribution in [3.8, 4) is 5.75 Å². The summed E-state index contributed by atoms with van der Waals surface area (Å²) in [5.41, 5.74) is 0.435. The molecule has 0 saturated heterocycles. The molecule has 1 N–H and O–H groups in total. The summed E-state index contributed by atoms with van der Waals surface area (Å²) in [6, 6.07) is 4.35. The Hall–Kier alpha value is -0.0700. The molecule has 0 saturated carbocycles. The van der Waals surface area contributed by atoms with E-state index in [4.69, 9.17) is 0 Å². The van der Waals surface area contributed by atoms with E-state index < -0.39 is 20.8 Å². The Kier molecular flexibility index (Phi) is 17.6. The second-order valence-electron chi connectivity index (χ2n) is 7.92. The van der Waals surface area contributed by atoms with Crippen LogP contribution in [0.4, 0.5) is 0 Å². The minimum absolute atomic E-state index is 0. The third kappa shape index (κ3) is 13.8. The van der Waals surface area contributed by atoms with E-state index in [1.807, 2.05) is 0 Å². The summed E-state index contributed by atoms with van der Waals surface area (Å²) in [7, 11) is -4.45. The van der Waals surface area contributed by atoms with E-state index in [0.29, 0.717) is 12.0 Å². The molecule has 1 aromatic rings. The monoisotopic (exact) mass is 434 g/mol. The van der Waals surface area contributed by atoms with Crippen molar-refractivity contribution in [2.75, 3.05) is 0 Å². The van der Waals surface area contributed by atoms with E-state index in [9.17, 15) is 18.1 Å². The molecular formula is C23H39NaO4S. The Bertz CT molecular complexity index is 632. The molecule has 1 aromatic carbocycles. The van der Waals surface area contributed by atoms with Crippen LogP contribution >= 0.6 is 0 Å². The van der Waals surface area contributed by atoms with Crippen LogP contribution in [0.2, 0.25) is 0 Å². The van der Waals surface area contributed by atoms with Crippen LogP contribution in [0.5, 0.6) is 5.75 Å². The van der Waals surface area contributed by atoms with Gasteiger partial charge in [-0.15, -0.1) is 0 Å². The summed E-state index contributed by atoms with van der Waals surface area (Å²) >= 11 is 0. The molecule has 0 radical (unpaired) electrons. The molecule has 0 aliphatic carbocycles. The summed E-state index contributed by atoms with van der Waals surface area (Å²) in [5.74, 6) is -0.624. The predicted molar refractivity (Wildman–Crippen MR) is 114 cm³/mol. The average Bonchev–Trinajstić information content (AvgIpc) is 2.64. The van der Waals surface area contributed by atoms with Gasteiger partial charge in [-0.3, -0.25) is 4.55 Å². The summed E-state index contributed by atoms with van der Waals surface area (Å²) in [6.07, 6.45) is 19.7. The fourth-order valence-electron chi connectivity index (χ4n) is 3.74. The van der Waals surface area contributed by atoms with Crippen LogP contribution in [0.1, 0.15) is 109 Å². The predicted octanol–water partition coefficient (Wildman–Crippen LogP) is 3.42. The molecule has 0 aromatic heterocycles. The van der Waals surface area contributed by atoms with Crippen LogP contribution < -0.4 is 34.7 Å². The van der Waals surface area contributed by atoms with Crippen molar-refractivity contribution in [1.82, 2.24) is 0 Å². The van der Waals surface area contributed by atoms with Crippen molar-refractivity contribution >= 4 is 10.1 Å². The smallest absolute Gasteiger partial charge is 0.872 e. The molecule has 0 unspecified atom stereocenters. The minimum Gasteiger partial charge on any atom is -0.872 e. The van der Waals surface area contributed by atoms with Crippen LogP contribution in [0.15, 0.2) is 23.1 Å². The van der Waals surface area contributed by atoms with Gasteiger partial charge in [0.05, 0.1) is 4.90 Å². The van der Waals surface area contributed by atoms with E-state index in [1.54, 1.807) is 12.1 Å². The fourth-order valence-corrected chi connectivity index (χ4v) is 4.56. The van der Waals surface area contributed by atoms with Crippen molar-refractivity contribution in [3.63, 3.8) is 0 Å². The van der Waals surface area contributed by atoms with Crippen molar-refractivity contribution in [2.24, 2.45) is 0 Å². The first kappa shape index (κ1) is 28.9. The minimum atomic E-state index is -4.45. The van der Waals surface area contributed by atoms with Gasteiger partial charge in [0.25, 0.3) is 10.1 Å². The van der Waals surface area contributed by atoms with Gasteiger partial charge in [0, 0.05) is 0 Å². The summed E-state index contributed by atoms with van der Waals surface area (Å²) in [4.78, 5) is -0.444. The number of hydrogen-bond acceptors (Lipinski definition) is 3. The van der Waals surface area contributed by atoms with Gasteiger partial charge in [-0.2, -0.15) is 8.42 Å². The van der Waals surface area contributed by atoms with Gasteiger partial charge in [-0.25, -0.2) is 0 Å². The molecule has 0 bridgehead atoms. The van der Waals surface area contributed by atoms with Crippen LogP contribution in [0.25, 0.3) is 0 Å². The SMILES string of the molecule is CCCCCCCCCCCCCCCCCc1cccc([O-])c1S(=O)(=O)O.[Na+]. The summed E-state index contributed by atoms with van der Waals surface area (Å²) in [5, 5.41) is 11.7. The second-order valence-corrected chi connectivity index (χ2v) is 9.28. The summed E-state index contributed by atoms with van der Waals surface area (Å²) < 4.78 is 32.0. The molecule has 0 amide bonds. The molecule has 0 fully saturated rings. The topological polar surface area (TPSA) is 77.4 Å². The molecule has 4 nitrogen and oxygen atoms in total. The molecular weight excluding hydrogens is 395 g/mol. The maximum absolute atomic E-state index is 11.7. The van der Waals surface area contributed by atoms with Gasteiger partial charge in [0.2, 0.25) is 0 Å². The Labute approximate surface area is 200 Å². The molecule has 0 aliphatic rings. The molecule has 162 valence electrons. The Morgan fingerprint density at radius 2 is 1.17 bits per heavy atom. The molecule has 29 heavy (non-hydrogen) atoms. The number of rotatable bonds is 17. The van der Waals surface area contributed by atoms with E-state index >= 15 is 0 Å². The molecule has 6 heteroatoms. The normalized spacial score (nSPS) is 11.4. The average molecular weight is 435 g/mol. The molecule has 0 atom stereocenters.